The van der Waals surface area contributed by atoms with Crippen molar-refractivity contribution in [3.63, 3.8) is 0 Å². The number of benzene rings is 4. The molecule has 0 bridgehead atoms. The highest BCUT2D eigenvalue weighted by atomic mass is 35.5. The molecule has 0 radical (unpaired) electrons. The van der Waals surface area contributed by atoms with Crippen LogP contribution in [0.5, 0.6) is 0 Å². The number of aliphatic hydroxyl groups excluding tert-OH is 2. The number of halogens is 1. The smallest absolute Gasteiger partial charge is 0.325 e. The van der Waals surface area contributed by atoms with E-state index >= 15 is 0 Å². The first kappa shape index (κ1) is 82.4. The third-order valence-electron chi connectivity index (χ3n) is 19.9. The van der Waals surface area contributed by atoms with Crippen LogP contribution in [-0.4, -0.2) is 139 Å². The van der Waals surface area contributed by atoms with Gasteiger partial charge in [0.15, 0.2) is 30.4 Å². The highest BCUT2D eigenvalue weighted by Crippen LogP contribution is 2.47. The first-order valence-electron chi connectivity index (χ1n) is 36.4. The number of ether oxygens (including phenoxy) is 6. The van der Waals surface area contributed by atoms with Crippen molar-refractivity contribution in [1.82, 2.24) is 25.3 Å². The first-order chi connectivity index (χ1) is 51.7. The van der Waals surface area contributed by atoms with Gasteiger partial charge in [0.05, 0.1) is 26.4 Å². The van der Waals surface area contributed by atoms with Crippen LogP contribution in [0.25, 0.3) is 22.3 Å². The fraction of sp³-hybridized carbons (Fsp3) is 0.393. The Balaban J connectivity index is 0.000000224. The normalized spacial score (nSPS) is 14.2. The zero-order valence-electron chi connectivity index (χ0n) is 62.8. The van der Waals surface area contributed by atoms with Crippen molar-refractivity contribution in [1.29, 1.82) is 0 Å². The van der Waals surface area contributed by atoms with Gasteiger partial charge in [0, 0.05) is 101 Å². The minimum Gasteiger partial charge on any atom is -0.465 e. The number of Topliss-reactive ketones (excluding diaryl/α,β-unsaturated/α-hetero) is 2. The molecule has 0 aliphatic heterocycles. The van der Waals surface area contributed by atoms with Crippen LogP contribution in [0.4, 0.5) is 11.4 Å². The highest BCUT2D eigenvalue weighted by Gasteiger charge is 2.34. The Morgan fingerprint density at radius 1 is 0.491 bits per heavy atom. The summed E-state index contributed by atoms with van der Waals surface area (Å²) in [6.45, 7) is 11.5. The molecule has 4 fully saturated rings. The zero-order valence-corrected chi connectivity index (χ0v) is 63.6. The van der Waals surface area contributed by atoms with Crippen molar-refractivity contribution >= 4 is 65.4 Å². The van der Waals surface area contributed by atoms with Crippen molar-refractivity contribution < 1.29 is 72.2 Å². The molecule has 4 aliphatic carbocycles. The Labute approximate surface area is 636 Å². The fourth-order valence-electron chi connectivity index (χ4n) is 13.2. The molecule has 4 saturated carbocycles. The van der Waals surface area contributed by atoms with Crippen LogP contribution in [0.1, 0.15) is 226 Å². The van der Waals surface area contributed by atoms with E-state index in [1.54, 1.807) is 66.9 Å². The number of nitrogens with zero attached hydrogens (tertiary/aromatic N) is 4. The van der Waals surface area contributed by atoms with Crippen LogP contribution in [-0.2, 0) is 57.4 Å². The summed E-state index contributed by atoms with van der Waals surface area (Å²) in [6, 6.07) is 29.2. The number of pyridine rings is 4. The number of carbonyl (C=O) groups is 7. The molecule has 0 unspecified atom stereocenters. The standard InChI is InChI=1S/C42H48N4O7.C37H37N3O5.C5H11NO3.ClH/c1-6-53-41(50)38(23-47)44-21-29-20-43-36(18-32(29)26-13-14-26)39(48)17-28-9-7-10-30(24(28)2)31-11-8-12-35(25(31)3)46-40(49)37-19-33(27-15-16-27)34(22-45-37)42(51-4)52-5;1-21-25(15-35(42)33-16-29(23-11-12-23)26(20-41)18-38-33)7-5-8-27(21)28-9-6-10-32(22(28)2)40-36(43)34-17-30(24-13-14-24)31(19-39-34)37(44-3)45-4;1-2-9-5(8)4(6)3-7;/h7-12,18-20,22,26-27,38,42,44,47H,6,13-17,21,23H2,1-5H3,(H,46,49);5-10,16-20,23-24,37H,11-15H2,1-4H3,(H,40,43);4,7H,2-3,6H2,1H3;1H/t38-;;4-;/m1.1./s1. The van der Waals surface area contributed by atoms with Gasteiger partial charge in [-0.15, -0.1) is 12.4 Å². The predicted octanol–water partition coefficient (Wildman–Crippen LogP) is 13.1. The maximum Gasteiger partial charge on any atom is 0.325 e. The number of rotatable bonds is 32. The summed E-state index contributed by atoms with van der Waals surface area (Å²) in [5, 5.41) is 27.2. The van der Waals surface area contributed by atoms with Crippen LogP contribution >= 0.6 is 12.4 Å². The average molecular weight is 1490 g/mol. The lowest BCUT2D eigenvalue weighted by molar-refractivity contribution is -0.147. The Kier molecular flexibility index (Phi) is 29.3. The zero-order chi connectivity index (χ0) is 76.6. The van der Waals surface area contributed by atoms with Crippen LogP contribution in [0.15, 0.2) is 122 Å². The molecule has 570 valence electrons. The second-order valence-electron chi connectivity index (χ2n) is 27.3. The second-order valence-corrected chi connectivity index (χ2v) is 27.3. The molecule has 4 aromatic carbocycles. The predicted molar refractivity (Wildman–Crippen MR) is 412 cm³/mol. The van der Waals surface area contributed by atoms with Gasteiger partial charge in [-0.25, -0.2) is 0 Å². The molecule has 2 amide bonds. The number of aromatic nitrogens is 4. The summed E-state index contributed by atoms with van der Waals surface area (Å²) in [5.41, 5.74) is 24.5. The maximum atomic E-state index is 13.7. The van der Waals surface area contributed by atoms with Crippen molar-refractivity contribution in [2.24, 2.45) is 5.73 Å². The Morgan fingerprint density at radius 2 is 0.870 bits per heavy atom. The number of esters is 2. The van der Waals surface area contributed by atoms with E-state index in [0.717, 1.165) is 152 Å². The lowest BCUT2D eigenvalue weighted by atomic mass is 9.90. The van der Waals surface area contributed by atoms with Gasteiger partial charge in [0.1, 0.15) is 34.9 Å². The number of methoxy groups -OCH3 is 4. The number of ketones is 2. The third-order valence-corrected chi connectivity index (χ3v) is 19.9. The van der Waals surface area contributed by atoms with E-state index in [-0.39, 0.29) is 68.5 Å². The van der Waals surface area contributed by atoms with Crippen molar-refractivity contribution in [3.8, 4) is 22.3 Å². The first-order valence-corrected chi connectivity index (χ1v) is 36.4. The van der Waals surface area contributed by atoms with Gasteiger partial charge in [-0.1, -0.05) is 60.7 Å². The summed E-state index contributed by atoms with van der Waals surface area (Å²) in [7, 11) is 6.35. The number of nitrogens with two attached hydrogens (primary N) is 1. The maximum absolute atomic E-state index is 13.7. The molecule has 108 heavy (non-hydrogen) atoms. The van der Waals surface area contributed by atoms with Gasteiger partial charge < -0.3 is 55.0 Å². The quantitative estimate of drug-likeness (QED) is 0.00987. The molecule has 24 heteroatoms. The Morgan fingerprint density at radius 3 is 1.28 bits per heavy atom. The molecular weight excluding hydrogens is 1400 g/mol. The van der Waals surface area contributed by atoms with Crippen molar-refractivity contribution in [2.45, 2.75) is 161 Å². The number of carbonyl (C=O) groups excluding carboxylic acids is 7. The molecule has 4 heterocycles. The molecule has 0 spiro atoms. The lowest BCUT2D eigenvalue weighted by Gasteiger charge is -2.18. The third kappa shape index (κ3) is 20.4. The monoisotopic (exact) mass is 1490 g/mol. The number of aliphatic hydroxyl groups is 2. The summed E-state index contributed by atoms with van der Waals surface area (Å²) >= 11 is 0. The van der Waals surface area contributed by atoms with Gasteiger partial charge >= 0.3 is 11.9 Å². The Hall–Kier alpha value is -9.66. The van der Waals surface area contributed by atoms with Crippen molar-refractivity contribution in [2.75, 3.05) is 65.5 Å². The number of aldehydes is 1. The molecule has 12 rings (SSSR count). The molecular formula is C84H97ClN8O15. The highest BCUT2D eigenvalue weighted by molar-refractivity contribution is 6.05. The molecule has 4 aliphatic rings. The topological polar surface area (TPSA) is 329 Å². The largest absolute Gasteiger partial charge is 0.465 e. The van der Waals surface area contributed by atoms with E-state index in [4.69, 9.17) is 34.5 Å². The number of hydrogen-bond donors (Lipinski definition) is 6. The number of nitrogens with one attached hydrogen (secondary N) is 3. The van der Waals surface area contributed by atoms with Crippen molar-refractivity contribution in [3.05, 3.63) is 223 Å². The van der Waals surface area contributed by atoms with Gasteiger partial charge in [0.2, 0.25) is 0 Å². The molecule has 23 nitrogen and oxygen atoms in total. The molecule has 0 saturated heterocycles. The fourth-order valence-corrected chi connectivity index (χ4v) is 13.2. The summed E-state index contributed by atoms with van der Waals surface area (Å²) < 4.78 is 31.4. The molecule has 8 aromatic rings. The number of anilines is 2. The van der Waals surface area contributed by atoms with Crippen LogP contribution < -0.4 is 21.7 Å². The summed E-state index contributed by atoms with van der Waals surface area (Å²) in [5.74, 6) is -0.395. The van der Waals surface area contributed by atoms with E-state index in [2.05, 4.69) is 40.6 Å². The molecule has 7 N–H and O–H groups in total. The number of hydrogen-bond acceptors (Lipinski definition) is 21. The minimum absolute atomic E-state index is 0. The SMILES string of the molecule is CCOC(=O)[C@@H](CO)NCc1cnc(C(=O)Cc2cccc(-c3cccc(NC(=O)c4cc(C5CC5)c(C(OC)OC)cn4)c3C)c2C)cc1C1CC1.CCOC(=O)[C@H](N)CO.COC(OC)c1cnc(C(=O)Nc2cccc(-c3cccc(CC(=O)c4cc(C5CC5)c(C=O)cn4)c3C)c2C)cc1C1CC1.Cl. The summed E-state index contributed by atoms with van der Waals surface area (Å²) in [6.07, 6.45) is 15.1. The average Bonchev–Trinajstić information content (AvgIpc) is 1.40. The number of amides is 2. The van der Waals surface area contributed by atoms with Crippen LogP contribution in [0.2, 0.25) is 0 Å². The van der Waals surface area contributed by atoms with E-state index in [0.29, 0.717) is 76.5 Å². The van der Waals surface area contributed by atoms with E-state index in [1.807, 2.05) is 119 Å². The Bertz CT molecular complexity index is 4570. The molecule has 4 aromatic heterocycles. The molecule has 2 atom stereocenters. The van der Waals surface area contributed by atoms with E-state index in [1.165, 1.54) is 6.20 Å². The van der Waals surface area contributed by atoms with Gasteiger partial charge in [0.25, 0.3) is 11.8 Å². The lowest BCUT2D eigenvalue weighted by Crippen LogP contribution is -2.40. The van der Waals surface area contributed by atoms with Gasteiger partial charge in [-0.3, -0.25) is 58.8 Å². The van der Waals surface area contributed by atoms with Gasteiger partial charge in [-0.05, 0) is 236 Å². The van der Waals surface area contributed by atoms with Gasteiger partial charge in [-0.2, -0.15) is 0 Å². The second kappa shape index (κ2) is 38.4. The minimum atomic E-state index is -0.884. The van der Waals surface area contributed by atoms with Crippen LogP contribution in [0.3, 0.4) is 0 Å². The van der Waals surface area contributed by atoms with Crippen LogP contribution in [0, 0.1) is 27.7 Å². The summed E-state index contributed by atoms with van der Waals surface area (Å²) in [4.78, 5) is 106. The van der Waals surface area contributed by atoms with E-state index in [9.17, 15) is 38.7 Å². The van der Waals surface area contributed by atoms with E-state index < -0.39 is 36.6 Å².